The minimum absolute atomic E-state index is 0.0468. The maximum atomic E-state index is 13.1. The molecule has 0 bridgehead atoms. The van der Waals surface area contributed by atoms with Gasteiger partial charge in [-0.1, -0.05) is 19.1 Å². The minimum Gasteiger partial charge on any atom is -0.493 e. The van der Waals surface area contributed by atoms with Crippen molar-refractivity contribution in [3.63, 3.8) is 0 Å². The van der Waals surface area contributed by atoms with Gasteiger partial charge in [0.25, 0.3) is 0 Å². The van der Waals surface area contributed by atoms with Crippen LogP contribution in [0.4, 0.5) is 24.5 Å². The number of benzene rings is 2. The second-order valence-electron chi connectivity index (χ2n) is 7.07. The molecule has 0 aromatic heterocycles. The van der Waals surface area contributed by atoms with Crippen LogP contribution in [0.1, 0.15) is 37.3 Å². The number of halogens is 3. The van der Waals surface area contributed by atoms with Crippen molar-refractivity contribution in [2.75, 3.05) is 29.9 Å². The number of nitrogens with zero attached hydrogens (tertiary/aromatic N) is 1. The Bertz CT molecular complexity index is 829. The lowest BCUT2D eigenvalue weighted by molar-refractivity contribution is -0.137. The molecular formula is C22H25F3N2O2. The summed E-state index contributed by atoms with van der Waals surface area (Å²) in [5, 5.41) is 2.64. The van der Waals surface area contributed by atoms with E-state index in [1.807, 2.05) is 29.2 Å². The molecule has 1 N–H and O–H groups in total. The Labute approximate surface area is 168 Å². The quantitative estimate of drug-likeness (QED) is 0.681. The topological polar surface area (TPSA) is 41.6 Å². The largest absolute Gasteiger partial charge is 0.493 e. The van der Waals surface area contributed by atoms with Crippen molar-refractivity contribution in [3.05, 3.63) is 53.6 Å². The van der Waals surface area contributed by atoms with Gasteiger partial charge in [-0.15, -0.1) is 0 Å². The molecule has 1 saturated heterocycles. The molecule has 1 amide bonds. The van der Waals surface area contributed by atoms with Crippen LogP contribution in [0.3, 0.4) is 0 Å². The average molecular weight is 406 g/mol. The summed E-state index contributed by atoms with van der Waals surface area (Å²) in [6.45, 7) is 3.75. The van der Waals surface area contributed by atoms with Gasteiger partial charge in [0.1, 0.15) is 5.75 Å². The number of rotatable bonds is 7. The Morgan fingerprint density at radius 2 is 1.79 bits per heavy atom. The van der Waals surface area contributed by atoms with Gasteiger partial charge in [-0.25, -0.2) is 0 Å². The van der Waals surface area contributed by atoms with Gasteiger partial charge in [-0.2, -0.15) is 13.2 Å². The predicted molar refractivity (Wildman–Crippen MR) is 107 cm³/mol. The molecule has 0 saturated carbocycles. The van der Waals surface area contributed by atoms with Gasteiger partial charge < -0.3 is 15.0 Å². The fraction of sp³-hybridized carbons (Fsp3) is 0.409. The van der Waals surface area contributed by atoms with E-state index in [0.29, 0.717) is 11.4 Å². The van der Waals surface area contributed by atoms with Gasteiger partial charge in [0.15, 0.2) is 0 Å². The fourth-order valence-electron chi connectivity index (χ4n) is 3.34. The molecule has 3 rings (SSSR count). The summed E-state index contributed by atoms with van der Waals surface area (Å²) in [6.07, 6.45) is -1.51. The summed E-state index contributed by atoms with van der Waals surface area (Å²) >= 11 is 0. The zero-order valence-electron chi connectivity index (χ0n) is 16.4. The number of carbonyl (C=O) groups excluding carboxylic acids is 1. The Balaban J connectivity index is 1.64. The van der Waals surface area contributed by atoms with Gasteiger partial charge in [0, 0.05) is 13.1 Å². The molecule has 29 heavy (non-hydrogen) atoms. The predicted octanol–water partition coefficient (Wildman–Crippen LogP) is 5.28. The average Bonchev–Trinajstić information content (AvgIpc) is 3.22. The number of nitrogens with one attached hydrogen (secondary N) is 1. The number of hydrogen-bond acceptors (Lipinski definition) is 3. The van der Waals surface area contributed by atoms with Gasteiger partial charge in [-0.3, -0.25) is 4.79 Å². The molecule has 156 valence electrons. The van der Waals surface area contributed by atoms with E-state index in [1.165, 1.54) is 11.6 Å². The second-order valence-corrected chi connectivity index (χ2v) is 7.07. The summed E-state index contributed by atoms with van der Waals surface area (Å²) in [5.74, 6) is 0.279. The molecular weight excluding hydrogens is 381 g/mol. The lowest BCUT2D eigenvalue weighted by Crippen LogP contribution is -2.22. The monoisotopic (exact) mass is 406 g/mol. The van der Waals surface area contributed by atoms with E-state index in [0.717, 1.165) is 44.5 Å². The summed E-state index contributed by atoms with van der Waals surface area (Å²) in [6, 6.07) is 11.1. The third kappa shape index (κ3) is 5.65. The maximum absolute atomic E-state index is 13.1. The molecule has 4 nitrogen and oxygen atoms in total. The normalized spacial score (nSPS) is 14.1. The maximum Gasteiger partial charge on any atom is 0.416 e. The highest BCUT2D eigenvalue weighted by Gasteiger charge is 2.32. The third-order valence-corrected chi connectivity index (χ3v) is 4.97. The van der Waals surface area contributed by atoms with E-state index in [9.17, 15) is 18.0 Å². The Hall–Kier alpha value is -2.70. The molecule has 0 spiro atoms. The SMILES string of the molecule is CCc1ccc(OCCC(=O)Nc2cc(C(F)(F)F)ccc2N2CCCC2)cc1. The number of ether oxygens (including phenoxy) is 1. The molecule has 1 fully saturated rings. The number of amides is 1. The minimum atomic E-state index is -4.46. The van der Waals surface area contributed by atoms with E-state index in [2.05, 4.69) is 12.2 Å². The van der Waals surface area contributed by atoms with Crippen molar-refractivity contribution in [1.29, 1.82) is 0 Å². The van der Waals surface area contributed by atoms with Crippen molar-refractivity contribution in [1.82, 2.24) is 0 Å². The van der Waals surface area contributed by atoms with Crippen LogP contribution in [0.25, 0.3) is 0 Å². The van der Waals surface area contributed by atoms with E-state index in [4.69, 9.17) is 4.74 Å². The van der Waals surface area contributed by atoms with E-state index >= 15 is 0 Å². The van der Waals surface area contributed by atoms with Crippen molar-refractivity contribution in [2.45, 2.75) is 38.8 Å². The van der Waals surface area contributed by atoms with Gasteiger partial charge in [0.05, 0.1) is 30.0 Å². The van der Waals surface area contributed by atoms with Crippen LogP contribution >= 0.6 is 0 Å². The molecule has 1 aliphatic rings. The Kier molecular flexibility index (Phi) is 6.67. The highest BCUT2D eigenvalue weighted by atomic mass is 19.4. The summed E-state index contributed by atoms with van der Waals surface area (Å²) in [4.78, 5) is 14.3. The Morgan fingerprint density at radius 3 is 2.41 bits per heavy atom. The van der Waals surface area contributed by atoms with Crippen LogP contribution in [-0.2, 0) is 17.4 Å². The lowest BCUT2D eigenvalue weighted by Gasteiger charge is -2.23. The van der Waals surface area contributed by atoms with Crippen LogP contribution in [-0.4, -0.2) is 25.6 Å². The molecule has 0 aliphatic carbocycles. The van der Waals surface area contributed by atoms with E-state index in [-0.39, 0.29) is 24.6 Å². The number of aryl methyl sites for hydroxylation is 1. The van der Waals surface area contributed by atoms with Crippen LogP contribution in [0, 0.1) is 0 Å². The van der Waals surface area contributed by atoms with E-state index in [1.54, 1.807) is 0 Å². The molecule has 0 radical (unpaired) electrons. The first-order valence-electron chi connectivity index (χ1n) is 9.84. The summed E-state index contributed by atoms with van der Waals surface area (Å²) in [7, 11) is 0. The number of carbonyl (C=O) groups is 1. The van der Waals surface area contributed by atoms with Gasteiger partial charge >= 0.3 is 6.18 Å². The fourth-order valence-corrected chi connectivity index (χ4v) is 3.34. The van der Waals surface area contributed by atoms with Crippen LogP contribution in [0.5, 0.6) is 5.75 Å². The lowest BCUT2D eigenvalue weighted by atomic mass is 10.1. The molecule has 2 aromatic carbocycles. The zero-order valence-corrected chi connectivity index (χ0v) is 16.4. The van der Waals surface area contributed by atoms with Crippen molar-refractivity contribution in [2.24, 2.45) is 0 Å². The van der Waals surface area contributed by atoms with Crippen LogP contribution in [0.15, 0.2) is 42.5 Å². The molecule has 0 unspecified atom stereocenters. The number of hydrogen-bond donors (Lipinski definition) is 1. The zero-order chi connectivity index (χ0) is 20.9. The number of anilines is 2. The molecule has 2 aromatic rings. The van der Waals surface area contributed by atoms with Crippen molar-refractivity contribution < 1.29 is 22.7 Å². The van der Waals surface area contributed by atoms with Gasteiger partial charge in [0.2, 0.25) is 5.91 Å². The first-order valence-corrected chi connectivity index (χ1v) is 9.84. The molecule has 1 aliphatic heterocycles. The first-order chi connectivity index (χ1) is 13.9. The third-order valence-electron chi connectivity index (χ3n) is 4.97. The van der Waals surface area contributed by atoms with Crippen LogP contribution < -0.4 is 15.0 Å². The van der Waals surface area contributed by atoms with Crippen molar-refractivity contribution in [3.8, 4) is 5.75 Å². The molecule has 0 atom stereocenters. The first kappa shape index (κ1) is 21.0. The second kappa shape index (κ2) is 9.20. The number of alkyl halides is 3. The smallest absolute Gasteiger partial charge is 0.416 e. The van der Waals surface area contributed by atoms with Gasteiger partial charge in [-0.05, 0) is 55.2 Å². The highest BCUT2D eigenvalue weighted by molar-refractivity contribution is 5.94. The highest BCUT2D eigenvalue weighted by Crippen LogP contribution is 2.36. The van der Waals surface area contributed by atoms with E-state index < -0.39 is 11.7 Å². The summed E-state index contributed by atoms with van der Waals surface area (Å²) in [5.41, 5.74) is 1.23. The molecule has 7 heteroatoms. The van der Waals surface area contributed by atoms with Crippen molar-refractivity contribution >= 4 is 17.3 Å². The summed E-state index contributed by atoms with van der Waals surface area (Å²) < 4.78 is 44.9. The van der Waals surface area contributed by atoms with Crippen LogP contribution in [0.2, 0.25) is 0 Å². The standard InChI is InChI=1S/C22H25F3N2O2/c1-2-16-5-8-18(9-6-16)29-14-11-21(28)26-19-15-17(22(23,24)25)7-10-20(19)27-12-3-4-13-27/h5-10,15H,2-4,11-14H2,1H3,(H,26,28). The Morgan fingerprint density at radius 1 is 1.10 bits per heavy atom. The molecule has 1 heterocycles.